The summed E-state index contributed by atoms with van der Waals surface area (Å²) in [5, 5.41) is 6.21. The number of benzene rings is 1. The van der Waals surface area contributed by atoms with Gasteiger partial charge in [0.05, 0.1) is 25.0 Å². The van der Waals surface area contributed by atoms with Gasteiger partial charge >= 0.3 is 0 Å². The van der Waals surface area contributed by atoms with Crippen LogP contribution in [-0.2, 0) is 19.1 Å². The summed E-state index contributed by atoms with van der Waals surface area (Å²) < 4.78 is 11.7. The number of fused-ring (bicyclic) bond motifs is 1. The minimum absolute atomic E-state index is 0.0418. The Kier molecular flexibility index (Phi) is 5.40. The zero-order chi connectivity index (χ0) is 24.3. The zero-order valence-corrected chi connectivity index (χ0v) is 20.2. The summed E-state index contributed by atoms with van der Waals surface area (Å²) in [5.41, 5.74) is -0.497. The molecule has 1 aromatic rings. The third-order valence-electron chi connectivity index (χ3n) is 8.58. The lowest BCUT2D eigenvalue weighted by molar-refractivity contribution is -0.142. The first-order valence-corrected chi connectivity index (χ1v) is 12.9. The molecule has 2 aliphatic carbocycles. The quantitative estimate of drug-likeness (QED) is 0.612. The molecule has 3 heterocycles. The summed E-state index contributed by atoms with van der Waals surface area (Å²) in [6.45, 7) is 2.18. The number of rotatable bonds is 6. The summed E-state index contributed by atoms with van der Waals surface area (Å²) in [5.74, 6) is -0.910. The molecule has 1 aromatic carbocycles. The van der Waals surface area contributed by atoms with E-state index in [2.05, 4.69) is 17.6 Å². The van der Waals surface area contributed by atoms with E-state index in [0.29, 0.717) is 17.4 Å². The molecule has 186 valence electrons. The van der Waals surface area contributed by atoms with Crippen LogP contribution in [0.15, 0.2) is 36.4 Å². The largest absolute Gasteiger partial charge is 0.497 e. The van der Waals surface area contributed by atoms with Crippen LogP contribution in [0.4, 0.5) is 5.69 Å². The van der Waals surface area contributed by atoms with E-state index in [0.717, 1.165) is 32.1 Å². The minimum Gasteiger partial charge on any atom is -0.497 e. The number of ether oxygens (including phenoxy) is 2. The summed E-state index contributed by atoms with van der Waals surface area (Å²) in [7, 11) is 1.57. The highest BCUT2D eigenvalue weighted by atomic mass is 16.5. The van der Waals surface area contributed by atoms with Crippen molar-refractivity contribution < 1.29 is 23.9 Å². The number of amides is 3. The lowest BCUT2D eigenvalue weighted by Crippen LogP contribution is -2.57. The third-order valence-corrected chi connectivity index (χ3v) is 8.58. The summed E-state index contributed by atoms with van der Waals surface area (Å²) in [6.07, 6.45) is 9.32. The molecule has 4 fully saturated rings. The van der Waals surface area contributed by atoms with Crippen molar-refractivity contribution in [1.29, 1.82) is 0 Å². The topological polar surface area (TPSA) is 97.0 Å². The number of hydrogen-bond acceptors (Lipinski definition) is 5. The Morgan fingerprint density at radius 1 is 1.14 bits per heavy atom. The van der Waals surface area contributed by atoms with Crippen molar-refractivity contribution in [3.8, 4) is 5.75 Å². The van der Waals surface area contributed by atoms with E-state index in [9.17, 15) is 14.4 Å². The summed E-state index contributed by atoms with van der Waals surface area (Å²) in [4.78, 5) is 42.8. The highest BCUT2D eigenvalue weighted by molar-refractivity contribution is 6.03. The maximum absolute atomic E-state index is 13.8. The van der Waals surface area contributed by atoms with E-state index in [4.69, 9.17) is 9.47 Å². The first-order chi connectivity index (χ1) is 16.9. The molecule has 3 aliphatic heterocycles. The minimum atomic E-state index is -1.09. The molecule has 2 saturated carbocycles. The van der Waals surface area contributed by atoms with Crippen LogP contribution in [0.2, 0.25) is 0 Å². The average molecular weight is 480 g/mol. The van der Waals surface area contributed by atoms with Gasteiger partial charge in [-0.1, -0.05) is 38.0 Å². The number of hydrogen-bond donors (Lipinski definition) is 2. The number of methoxy groups -OCH3 is 1. The van der Waals surface area contributed by atoms with Gasteiger partial charge in [0.2, 0.25) is 17.7 Å². The second-order valence-corrected chi connectivity index (χ2v) is 10.8. The number of anilines is 1. The normalized spacial score (nSPS) is 37.3. The number of likely N-dealkylation sites (tertiary alicyclic amines) is 1. The van der Waals surface area contributed by atoms with Crippen LogP contribution in [0.5, 0.6) is 5.75 Å². The van der Waals surface area contributed by atoms with Gasteiger partial charge in [0.1, 0.15) is 17.4 Å². The van der Waals surface area contributed by atoms with Crippen LogP contribution in [0.25, 0.3) is 0 Å². The standard InChI is InChI=1S/C27H33N3O5/c1-15-6-3-4-9-19(15)29-25(32)23-27-13-12-20(35-27)21(22(27)26(33)30(23)17-10-11-17)24(31)28-16-7-5-8-18(14-16)34-2/h5,7-8,12-15,17,19-23H,3-4,6,9-11H2,1-2H3,(H,28,31)(H,29,32)/t15?,19?,20-,21?,22-,23?,27?/m1/s1. The second kappa shape index (κ2) is 8.36. The van der Waals surface area contributed by atoms with Gasteiger partial charge in [0.15, 0.2) is 0 Å². The Hall–Kier alpha value is -2.87. The Labute approximate surface area is 205 Å². The molecule has 6 rings (SSSR count). The number of nitrogens with zero attached hydrogens (tertiary/aromatic N) is 1. The smallest absolute Gasteiger partial charge is 0.246 e. The van der Waals surface area contributed by atoms with Gasteiger partial charge in [-0.25, -0.2) is 0 Å². The van der Waals surface area contributed by atoms with Crippen LogP contribution in [-0.4, -0.2) is 59.6 Å². The van der Waals surface area contributed by atoms with E-state index in [1.54, 1.807) is 36.3 Å². The van der Waals surface area contributed by atoms with Gasteiger partial charge < -0.3 is 25.0 Å². The van der Waals surface area contributed by atoms with E-state index in [-0.39, 0.29) is 29.8 Å². The molecule has 35 heavy (non-hydrogen) atoms. The predicted molar refractivity (Wildman–Crippen MR) is 129 cm³/mol. The molecular weight excluding hydrogens is 446 g/mol. The fraction of sp³-hybridized carbons (Fsp3) is 0.593. The van der Waals surface area contributed by atoms with E-state index < -0.39 is 29.6 Å². The SMILES string of the molecule is COc1cccc(NC(=O)C2[C@H]3C=CC4(O3)C(C(=O)NC3CCCCC3C)N(C3CC3)C(=O)[C@@H]24)c1. The molecule has 2 bridgehead atoms. The van der Waals surface area contributed by atoms with Crippen LogP contribution >= 0.6 is 0 Å². The second-order valence-electron chi connectivity index (χ2n) is 10.8. The fourth-order valence-electron chi connectivity index (χ4n) is 6.67. The monoisotopic (exact) mass is 479 g/mol. The molecular formula is C27H33N3O5. The van der Waals surface area contributed by atoms with Gasteiger partial charge in [0, 0.05) is 23.8 Å². The van der Waals surface area contributed by atoms with Gasteiger partial charge in [0.25, 0.3) is 0 Å². The molecule has 2 N–H and O–H groups in total. The van der Waals surface area contributed by atoms with Gasteiger partial charge in [-0.3, -0.25) is 14.4 Å². The lowest BCUT2D eigenvalue weighted by atomic mass is 9.74. The van der Waals surface area contributed by atoms with Crippen molar-refractivity contribution in [2.45, 2.75) is 75.3 Å². The lowest BCUT2D eigenvalue weighted by Gasteiger charge is -2.36. The van der Waals surface area contributed by atoms with Crippen molar-refractivity contribution >= 4 is 23.4 Å². The van der Waals surface area contributed by atoms with Gasteiger partial charge in [-0.2, -0.15) is 0 Å². The van der Waals surface area contributed by atoms with Crippen molar-refractivity contribution in [2.24, 2.45) is 17.8 Å². The molecule has 1 spiro atoms. The molecule has 7 atom stereocenters. The molecule has 5 unspecified atom stereocenters. The van der Waals surface area contributed by atoms with Crippen molar-refractivity contribution in [3.63, 3.8) is 0 Å². The molecule has 5 aliphatic rings. The molecule has 2 saturated heterocycles. The summed E-state index contributed by atoms with van der Waals surface area (Å²) in [6, 6.07) is 6.55. The van der Waals surface area contributed by atoms with Crippen molar-refractivity contribution in [3.05, 3.63) is 36.4 Å². The molecule has 8 nitrogen and oxygen atoms in total. The summed E-state index contributed by atoms with van der Waals surface area (Å²) >= 11 is 0. The van der Waals surface area contributed by atoms with Crippen molar-refractivity contribution in [2.75, 3.05) is 12.4 Å². The first kappa shape index (κ1) is 22.6. The zero-order valence-electron chi connectivity index (χ0n) is 20.2. The molecule has 8 heteroatoms. The molecule has 0 aromatic heterocycles. The maximum atomic E-state index is 13.8. The van der Waals surface area contributed by atoms with E-state index in [1.807, 2.05) is 12.2 Å². The third kappa shape index (κ3) is 3.56. The predicted octanol–water partition coefficient (Wildman–Crippen LogP) is 2.64. The van der Waals surface area contributed by atoms with Crippen LogP contribution < -0.4 is 15.4 Å². The Bertz CT molecular complexity index is 1080. The van der Waals surface area contributed by atoms with E-state index in [1.165, 1.54) is 6.42 Å². The number of nitrogens with one attached hydrogen (secondary N) is 2. The highest BCUT2D eigenvalue weighted by Gasteiger charge is 2.74. The average Bonchev–Trinajstić information content (AvgIpc) is 3.44. The Balaban J connectivity index is 1.28. The maximum Gasteiger partial charge on any atom is 0.246 e. The number of carbonyl (C=O) groups is 3. The Morgan fingerprint density at radius 2 is 1.94 bits per heavy atom. The number of carbonyl (C=O) groups excluding carboxylic acids is 3. The van der Waals surface area contributed by atoms with Crippen LogP contribution in [0, 0.1) is 17.8 Å². The molecule has 0 radical (unpaired) electrons. The van der Waals surface area contributed by atoms with Crippen LogP contribution in [0.3, 0.4) is 0 Å². The Morgan fingerprint density at radius 3 is 2.69 bits per heavy atom. The fourth-order valence-corrected chi connectivity index (χ4v) is 6.67. The first-order valence-electron chi connectivity index (χ1n) is 12.9. The van der Waals surface area contributed by atoms with Gasteiger partial charge in [-0.05, 0) is 43.7 Å². The van der Waals surface area contributed by atoms with E-state index >= 15 is 0 Å². The van der Waals surface area contributed by atoms with Crippen LogP contribution in [0.1, 0.15) is 45.4 Å². The highest BCUT2D eigenvalue weighted by Crippen LogP contribution is 2.57. The molecule has 3 amide bonds. The van der Waals surface area contributed by atoms with Gasteiger partial charge in [-0.15, -0.1) is 0 Å². The van der Waals surface area contributed by atoms with Crippen molar-refractivity contribution in [1.82, 2.24) is 10.2 Å².